The lowest BCUT2D eigenvalue weighted by molar-refractivity contribution is -0.148. The number of amides is 1. The molecule has 5 nitrogen and oxygen atoms in total. The van der Waals surface area contributed by atoms with E-state index in [1.807, 2.05) is 11.8 Å². The predicted molar refractivity (Wildman–Crippen MR) is 67.6 cm³/mol. The molecule has 1 aliphatic rings. The predicted octanol–water partition coefficient (Wildman–Crippen LogP) is 0.00930. The average Bonchev–Trinajstić information content (AvgIpc) is 2.43. The Labute approximate surface area is 108 Å². The van der Waals surface area contributed by atoms with Gasteiger partial charge in [0.2, 0.25) is 5.91 Å². The Morgan fingerprint density at radius 1 is 1.61 bits per heavy atom. The van der Waals surface area contributed by atoms with Crippen LogP contribution in [0.3, 0.4) is 0 Å². The topological polar surface area (TPSA) is 58.6 Å². The first-order chi connectivity index (χ1) is 8.60. The minimum Gasteiger partial charge on any atom is -0.469 e. The molecule has 18 heavy (non-hydrogen) atoms. The van der Waals surface area contributed by atoms with Gasteiger partial charge in [0.25, 0.3) is 0 Å². The van der Waals surface area contributed by atoms with Crippen LogP contribution < -0.4 is 5.32 Å². The third-order valence-corrected chi connectivity index (χ3v) is 3.28. The van der Waals surface area contributed by atoms with E-state index >= 15 is 0 Å². The van der Waals surface area contributed by atoms with Crippen LogP contribution in [0.1, 0.15) is 19.8 Å². The van der Waals surface area contributed by atoms with Crippen LogP contribution >= 0.6 is 0 Å². The van der Waals surface area contributed by atoms with E-state index in [-0.39, 0.29) is 30.4 Å². The van der Waals surface area contributed by atoms with Crippen LogP contribution in [0.5, 0.6) is 0 Å². The van der Waals surface area contributed by atoms with Crippen LogP contribution in [0.2, 0.25) is 0 Å². The Kier molecular flexibility index (Phi) is 5.66. The summed E-state index contributed by atoms with van der Waals surface area (Å²) in [6.45, 7) is 3.44. The number of rotatable bonds is 4. The minimum absolute atomic E-state index is 0.0986. The van der Waals surface area contributed by atoms with Crippen LogP contribution in [0.4, 0.5) is 0 Å². The summed E-state index contributed by atoms with van der Waals surface area (Å²) in [6, 6.07) is -0.272. The van der Waals surface area contributed by atoms with Crippen molar-refractivity contribution in [2.75, 3.05) is 26.7 Å². The quantitative estimate of drug-likeness (QED) is 0.565. The summed E-state index contributed by atoms with van der Waals surface area (Å²) >= 11 is 0. The summed E-state index contributed by atoms with van der Waals surface area (Å²) in [4.78, 5) is 25.3. The first-order valence-electron chi connectivity index (χ1n) is 6.13. The van der Waals surface area contributed by atoms with Crippen molar-refractivity contribution in [3.05, 3.63) is 0 Å². The first kappa shape index (κ1) is 14.5. The Hall–Kier alpha value is -1.54. The summed E-state index contributed by atoms with van der Waals surface area (Å²) in [5.41, 5.74) is 0. The Morgan fingerprint density at radius 2 is 2.33 bits per heavy atom. The van der Waals surface area contributed by atoms with Gasteiger partial charge in [-0.3, -0.25) is 14.5 Å². The number of piperidine rings is 1. The molecule has 2 atom stereocenters. The lowest BCUT2D eigenvalue weighted by Crippen LogP contribution is -2.50. The monoisotopic (exact) mass is 252 g/mol. The molecular formula is C13H20N2O3. The summed E-state index contributed by atoms with van der Waals surface area (Å²) < 4.78 is 4.75. The van der Waals surface area contributed by atoms with E-state index in [2.05, 4.69) is 11.2 Å². The molecule has 0 aromatic rings. The second kappa shape index (κ2) is 7.02. The Balaban J connectivity index is 2.53. The highest BCUT2D eigenvalue weighted by molar-refractivity contribution is 5.81. The number of carbonyl (C=O) groups is 2. The van der Waals surface area contributed by atoms with E-state index in [9.17, 15) is 9.59 Å². The van der Waals surface area contributed by atoms with Crippen molar-refractivity contribution < 1.29 is 14.3 Å². The van der Waals surface area contributed by atoms with E-state index < -0.39 is 0 Å². The van der Waals surface area contributed by atoms with Gasteiger partial charge in [0.15, 0.2) is 0 Å². The van der Waals surface area contributed by atoms with E-state index in [0.29, 0.717) is 6.54 Å². The van der Waals surface area contributed by atoms with Crippen molar-refractivity contribution >= 4 is 11.9 Å². The summed E-state index contributed by atoms with van der Waals surface area (Å²) in [6.07, 6.45) is 6.81. The van der Waals surface area contributed by atoms with Gasteiger partial charge >= 0.3 is 5.97 Å². The molecule has 0 aromatic carbocycles. The molecule has 1 unspecified atom stereocenters. The SMILES string of the molecule is C#CCNC(=O)C(C)N1CCC[C@H](C(=O)OC)C1. The van der Waals surface area contributed by atoms with Gasteiger partial charge in [-0.2, -0.15) is 0 Å². The molecule has 1 heterocycles. The van der Waals surface area contributed by atoms with Crippen LogP contribution in [0.15, 0.2) is 0 Å². The number of methoxy groups -OCH3 is 1. The Bertz CT molecular complexity index is 349. The summed E-state index contributed by atoms with van der Waals surface area (Å²) in [5.74, 6) is 1.94. The van der Waals surface area contributed by atoms with Crippen molar-refractivity contribution in [2.24, 2.45) is 5.92 Å². The van der Waals surface area contributed by atoms with Crippen LogP contribution in [0.25, 0.3) is 0 Å². The fourth-order valence-electron chi connectivity index (χ4n) is 2.17. The molecule has 0 radical (unpaired) electrons. The third kappa shape index (κ3) is 3.74. The fraction of sp³-hybridized carbons (Fsp3) is 0.692. The second-order valence-electron chi connectivity index (χ2n) is 4.46. The van der Waals surface area contributed by atoms with Gasteiger partial charge in [0.1, 0.15) is 0 Å². The zero-order valence-corrected chi connectivity index (χ0v) is 10.9. The zero-order chi connectivity index (χ0) is 13.5. The molecule has 0 spiro atoms. The minimum atomic E-state index is -0.272. The van der Waals surface area contributed by atoms with E-state index in [1.54, 1.807) is 0 Å². The van der Waals surface area contributed by atoms with E-state index in [4.69, 9.17) is 11.2 Å². The van der Waals surface area contributed by atoms with Crippen LogP contribution in [-0.2, 0) is 14.3 Å². The molecule has 0 saturated carbocycles. The maximum Gasteiger partial charge on any atom is 0.309 e. The normalized spacial score (nSPS) is 21.7. The second-order valence-corrected chi connectivity index (χ2v) is 4.46. The van der Waals surface area contributed by atoms with Gasteiger partial charge in [-0.05, 0) is 26.3 Å². The highest BCUT2D eigenvalue weighted by atomic mass is 16.5. The molecule has 0 aromatic heterocycles. The van der Waals surface area contributed by atoms with Crippen molar-refractivity contribution in [3.8, 4) is 12.3 Å². The smallest absolute Gasteiger partial charge is 0.309 e. The molecule has 1 amide bonds. The lowest BCUT2D eigenvalue weighted by Gasteiger charge is -2.34. The maximum absolute atomic E-state index is 11.8. The van der Waals surface area contributed by atoms with Gasteiger partial charge in [0.05, 0.1) is 25.6 Å². The number of terminal acetylenes is 1. The van der Waals surface area contributed by atoms with Gasteiger partial charge in [-0.1, -0.05) is 5.92 Å². The van der Waals surface area contributed by atoms with Crippen molar-refractivity contribution in [3.63, 3.8) is 0 Å². The van der Waals surface area contributed by atoms with Crippen molar-refractivity contribution in [1.82, 2.24) is 10.2 Å². The van der Waals surface area contributed by atoms with Crippen LogP contribution in [0, 0.1) is 18.3 Å². The molecule has 1 fully saturated rings. The number of hydrogen-bond acceptors (Lipinski definition) is 4. The van der Waals surface area contributed by atoms with Crippen LogP contribution in [-0.4, -0.2) is 49.6 Å². The number of ether oxygens (including phenoxy) is 1. The highest BCUT2D eigenvalue weighted by Crippen LogP contribution is 2.19. The standard InChI is InChI=1S/C13H20N2O3/c1-4-7-14-12(16)10(2)15-8-5-6-11(9-15)13(17)18-3/h1,10-11H,5-9H2,2-3H3,(H,14,16)/t10?,11-/m0/s1. The van der Waals surface area contributed by atoms with Gasteiger partial charge in [-0.15, -0.1) is 6.42 Å². The first-order valence-corrected chi connectivity index (χ1v) is 6.13. The maximum atomic E-state index is 11.8. The molecule has 1 aliphatic heterocycles. The summed E-state index contributed by atoms with van der Waals surface area (Å²) in [5, 5.41) is 2.65. The molecule has 5 heteroatoms. The number of hydrogen-bond donors (Lipinski definition) is 1. The molecule has 100 valence electrons. The lowest BCUT2D eigenvalue weighted by atomic mass is 9.97. The number of esters is 1. The molecule has 0 aliphatic carbocycles. The summed E-state index contributed by atoms with van der Waals surface area (Å²) in [7, 11) is 1.39. The number of carbonyl (C=O) groups excluding carboxylic acids is 2. The van der Waals surface area contributed by atoms with Gasteiger partial charge < -0.3 is 10.1 Å². The largest absolute Gasteiger partial charge is 0.469 e. The molecule has 1 rings (SSSR count). The average molecular weight is 252 g/mol. The molecule has 1 saturated heterocycles. The van der Waals surface area contributed by atoms with E-state index in [1.165, 1.54) is 7.11 Å². The van der Waals surface area contributed by atoms with Gasteiger partial charge in [0, 0.05) is 6.54 Å². The molecule has 1 N–H and O–H groups in total. The number of nitrogens with one attached hydrogen (secondary N) is 1. The molecule has 0 bridgehead atoms. The highest BCUT2D eigenvalue weighted by Gasteiger charge is 2.31. The van der Waals surface area contributed by atoms with Crippen molar-refractivity contribution in [2.45, 2.75) is 25.8 Å². The molecular weight excluding hydrogens is 232 g/mol. The number of likely N-dealkylation sites (tertiary alicyclic amines) is 1. The Morgan fingerprint density at radius 3 is 2.94 bits per heavy atom. The fourth-order valence-corrected chi connectivity index (χ4v) is 2.17. The third-order valence-electron chi connectivity index (χ3n) is 3.28. The van der Waals surface area contributed by atoms with Gasteiger partial charge in [-0.25, -0.2) is 0 Å². The number of nitrogens with zero attached hydrogens (tertiary/aromatic N) is 1. The van der Waals surface area contributed by atoms with Crippen molar-refractivity contribution in [1.29, 1.82) is 0 Å². The zero-order valence-electron chi connectivity index (χ0n) is 10.9. The van der Waals surface area contributed by atoms with E-state index in [0.717, 1.165) is 19.4 Å².